The molecule has 0 saturated carbocycles. The molecular formula is C40H48N2O10Rh2. The van der Waals surface area contributed by atoms with E-state index in [1.165, 1.54) is 12.1 Å². The topological polar surface area (TPSA) is 174 Å². The van der Waals surface area contributed by atoms with Gasteiger partial charge in [-0.05, 0) is 52.3 Å². The molecule has 12 nitrogen and oxygen atoms in total. The number of hydrogen-bond acceptors (Lipinski definition) is 10. The third kappa shape index (κ3) is 10.6. The second-order valence-electron chi connectivity index (χ2n) is 14.9. The van der Waals surface area contributed by atoms with E-state index < -0.39 is 59.1 Å². The number of ether oxygens (including phenoxy) is 2. The molecule has 2 radical (unpaired) electrons. The first-order valence-electron chi connectivity index (χ1n) is 17.0. The van der Waals surface area contributed by atoms with Crippen LogP contribution < -0.4 is 4.74 Å². The molecule has 54 heavy (non-hydrogen) atoms. The fraction of sp³-hybridized carbons (Fsp3) is 0.400. The van der Waals surface area contributed by atoms with Gasteiger partial charge in [-0.15, -0.1) is 0 Å². The van der Waals surface area contributed by atoms with Gasteiger partial charge >= 0.3 is 0 Å². The SMILES string of the molecule is C=Cc1ccc(COCCCOc2ccc3c(c2)C(=O)N([C@H](C(O)O)C(C)(C)C)C3=O)cc1.CC(C)(C)[C@@H](C(O)O)N1C(=O)c2ccccc2C1=O.[Rh].[Rh]. The summed E-state index contributed by atoms with van der Waals surface area (Å²) in [5, 5.41) is 38.7. The van der Waals surface area contributed by atoms with Crippen molar-refractivity contribution in [3.63, 3.8) is 0 Å². The molecule has 0 fully saturated rings. The quantitative estimate of drug-likeness (QED) is 0.0868. The zero-order valence-corrected chi connectivity index (χ0v) is 34.3. The number of nitrogens with zero attached hydrogens (tertiary/aromatic N) is 2. The predicted octanol–water partition coefficient (Wildman–Crippen LogP) is 4.64. The minimum Gasteiger partial charge on any atom is -0.493 e. The Morgan fingerprint density at radius 2 is 1.09 bits per heavy atom. The molecule has 0 aromatic heterocycles. The van der Waals surface area contributed by atoms with E-state index in [9.17, 15) is 39.6 Å². The van der Waals surface area contributed by atoms with E-state index >= 15 is 0 Å². The van der Waals surface area contributed by atoms with Gasteiger partial charge in [-0.3, -0.25) is 29.0 Å². The predicted molar refractivity (Wildman–Crippen MR) is 193 cm³/mol. The van der Waals surface area contributed by atoms with Crippen LogP contribution in [0.25, 0.3) is 6.08 Å². The van der Waals surface area contributed by atoms with Gasteiger partial charge in [-0.1, -0.05) is 90.6 Å². The third-order valence-corrected chi connectivity index (χ3v) is 8.80. The number of aliphatic hydroxyl groups excluding tert-OH is 2. The van der Waals surface area contributed by atoms with Crippen molar-refractivity contribution in [3.05, 3.63) is 107 Å². The standard InChI is InChI=1S/C26H31NO6.C14H17NO4.2Rh/c1-5-17-7-9-18(10-8-17)16-32-13-6-14-33-19-11-12-20-21(15-19)24(29)27(23(20)28)22(25(30)31)26(2,3)4;1-14(2,3)10(13(18)19)15-11(16)8-6-4-5-7-9(8)12(15)17;;/h5,7-12,15,22,25,30-31H,1,6,13-14,16H2,2-4H3;4-7,10,13,18-19H,1-3H3;;/t22-;10-;;/m11../s1. The molecule has 296 valence electrons. The second-order valence-corrected chi connectivity index (χ2v) is 14.9. The third-order valence-electron chi connectivity index (χ3n) is 8.80. The molecule has 0 unspecified atom stereocenters. The van der Waals surface area contributed by atoms with Gasteiger partial charge in [0.1, 0.15) is 5.75 Å². The van der Waals surface area contributed by atoms with Gasteiger partial charge in [-0.2, -0.15) is 0 Å². The molecule has 3 aromatic rings. The van der Waals surface area contributed by atoms with Gasteiger partial charge in [-0.25, -0.2) is 0 Å². The smallest absolute Gasteiger partial charge is 0.262 e. The number of fused-ring (bicyclic) bond motifs is 2. The van der Waals surface area contributed by atoms with Crippen molar-refractivity contribution >= 4 is 29.7 Å². The van der Waals surface area contributed by atoms with Crippen molar-refractivity contribution in [1.29, 1.82) is 0 Å². The Bertz CT molecular complexity index is 1760. The molecule has 3 aromatic carbocycles. The van der Waals surface area contributed by atoms with Crippen molar-refractivity contribution in [2.75, 3.05) is 13.2 Å². The summed E-state index contributed by atoms with van der Waals surface area (Å²) in [7, 11) is 0. The van der Waals surface area contributed by atoms with Gasteiger partial charge in [0.25, 0.3) is 23.6 Å². The number of benzene rings is 3. The zero-order valence-electron chi connectivity index (χ0n) is 31.1. The summed E-state index contributed by atoms with van der Waals surface area (Å²) >= 11 is 0. The number of rotatable bonds is 12. The summed E-state index contributed by atoms with van der Waals surface area (Å²) < 4.78 is 11.4. The van der Waals surface area contributed by atoms with Crippen molar-refractivity contribution in [1.82, 2.24) is 9.80 Å². The molecule has 0 aliphatic carbocycles. The van der Waals surface area contributed by atoms with Crippen molar-refractivity contribution in [2.24, 2.45) is 10.8 Å². The van der Waals surface area contributed by atoms with E-state index in [2.05, 4.69) is 6.58 Å². The molecule has 0 saturated heterocycles. The number of aliphatic hydroxyl groups is 4. The van der Waals surface area contributed by atoms with E-state index in [0.717, 1.165) is 20.9 Å². The maximum atomic E-state index is 12.9. The van der Waals surface area contributed by atoms with Crippen molar-refractivity contribution in [3.8, 4) is 5.75 Å². The van der Waals surface area contributed by atoms with Crippen molar-refractivity contribution in [2.45, 2.75) is 79.2 Å². The summed E-state index contributed by atoms with van der Waals surface area (Å²) in [6, 6.07) is 17.1. The molecule has 0 spiro atoms. The molecule has 5 rings (SSSR count). The number of imide groups is 2. The number of carbonyl (C=O) groups is 4. The minimum absolute atomic E-state index is 0. The van der Waals surface area contributed by atoms with E-state index in [1.807, 2.05) is 24.3 Å². The van der Waals surface area contributed by atoms with Crippen LogP contribution in [0.3, 0.4) is 0 Å². The fourth-order valence-electron chi connectivity index (χ4n) is 6.27. The van der Waals surface area contributed by atoms with Gasteiger partial charge in [0.2, 0.25) is 0 Å². The van der Waals surface area contributed by atoms with Gasteiger partial charge in [0.05, 0.1) is 54.2 Å². The van der Waals surface area contributed by atoms with Gasteiger partial charge in [0.15, 0.2) is 12.6 Å². The second kappa shape index (κ2) is 19.4. The first-order valence-corrected chi connectivity index (χ1v) is 17.0. The summed E-state index contributed by atoms with van der Waals surface area (Å²) in [5.74, 6) is -1.58. The molecule has 2 atom stereocenters. The average molecular weight is 923 g/mol. The Morgan fingerprint density at radius 3 is 1.52 bits per heavy atom. The maximum absolute atomic E-state index is 12.9. The minimum atomic E-state index is -1.84. The van der Waals surface area contributed by atoms with Crippen LogP contribution in [0.15, 0.2) is 73.3 Å². The van der Waals surface area contributed by atoms with Crippen LogP contribution in [0.5, 0.6) is 5.75 Å². The van der Waals surface area contributed by atoms with E-state index in [4.69, 9.17) is 9.47 Å². The normalized spacial score (nSPS) is 14.9. The summed E-state index contributed by atoms with van der Waals surface area (Å²) in [4.78, 5) is 52.2. The number of carbonyl (C=O) groups excluding carboxylic acids is 4. The Kier molecular flexibility index (Phi) is 16.8. The molecular weight excluding hydrogens is 874 g/mol. The Balaban J connectivity index is 0.000000410. The molecule has 4 N–H and O–H groups in total. The van der Waals surface area contributed by atoms with E-state index in [0.29, 0.717) is 43.1 Å². The Morgan fingerprint density at radius 1 is 0.648 bits per heavy atom. The van der Waals surface area contributed by atoms with Crippen LogP contribution in [0.4, 0.5) is 0 Å². The summed E-state index contributed by atoms with van der Waals surface area (Å²) in [6.07, 6.45) is -1.17. The summed E-state index contributed by atoms with van der Waals surface area (Å²) in [5.41, 5.74) is 1.83. The van der Waals surface area contributed by atoms with Crippen LogP contribution in [0.2, 0.25) is 0 Å². The molecule has 14 heteroatoms. The van der Waals surface area contributed by atoms with Gasteiger partial charge in [0, 0.05) is 45.4 Å². The first-order chi connectivity index (χ1) is 24.4. The molecule has 2 aliphatic heterocycles. The molecule has 4 amide bonds. The van der Waals surface area contributed by atoms with Crippen LogP contribution in [-0.2, 0) is 50.3 Å². The maximum Gasteiger partial charge on any atom is 0.262 e. The van der Waals surface area contributed by atoms with Crippen LogP contribution >= 0.6 is 0 Å². The molecule has 0 bridgehead atoms. The summed E-state index contributed by atoms with van der Waals surface area (Å²) in [6.45, 7) is 15.6. The number of hydrogen-bond donors (Lipinski definition) is 4. The average Bonchev–Trinajstić information content (AvgIpc) is 3.46. The monoisotopic (exact) mass is 922 g/mol. The molecule has 2 heterocycles. The zero-order chi connectivity index (χ0) is 38.5. The van der Waals surface area contributed by atoms with Crippen LogP contribution in [0, 0.1) is 10.8 Å². The largest absolute Gasteiger partial charge is 0.493 e. The van der Waals surface area contributed by atoms with Crippen molar-refractivity contribution < 1.29 is 88.0 Å². The number of amides is 4. The van der Waals surface area contributed by atoms with Crippen LogP contribution in [0.1, 0.15) is 101 Å². The first kappa shape index (κ1) is 46.7. The Hall–Kier alpha value is -3.47. The van der Waals surface area contributed by atoms with Crippen LogP contribution in [-0.4, -0.2) is 91.7 Å². The Labute approximate surface area is 341 Å². The fourth-order valence-corrected chi connectivity index (χ4v) is 6.27. The van der Waals surface area contributed by atoms with E-state index in [-0.39, 0.29) is 50.1 Å². The van der Waals surface area contributed by atoms with Gasteiger partial charge < -0.3 is 29.9 Å². The van der Waals surface area contributed by atoms with E-state index in [1.54, 1.807) is 78.0 Å². The molecule has 2 aliphatic rings.